The van der Waals surface area contributed by atoms with Gasteiger partial charge in [0.15, 0.2) is 0 Å². The van der Waals surface area contributed by atoms with Crippen molar-refractivity contribution in [2.45, 2.75) is 58.1 Å². The van der Waals surface area contributed by atoms with Crippen molar-refractivity contribution in [1.29, 1.82) is 0 Å². The number of methoxy groups -OCH3 is 2. The molecule has 0 radical (unpaired) electrons. The van der Waals surface area contributed by atoms with Gasteiger partial charge in [-0.25, -0.2) is 9.78 Å². The summed E-state index contributed by atoms with van der Waals surface area (Å²) in [6, 6.07) is 20.9. The van der Waals surface area contributed by atoms with E-state index in [4.69, 9.17) is 45.5 Å². The second-order valence-electron chi connectivity index (χ2n) is 17.2. The van der Waals surface area contributed by atoms with Crippen LogP contribution in [0.5, 0.6) is 17.5 Å². The third-order valence-electron chi connectivity index (χ3n) is 11.7. The molecule has 1 saturated carbocycles. The van der Waals surface area contributed by atoms with Gasteiger partial charge in [0.05, 0.1) is 36.0 Å². The molecule has 3 fully saturated rings. The topological polar surface area (TPSA) is 106 Å². The number of piperazine rings is 1. The molecule has 5 aromatic rings. The third-order valence-corrected chi connectivity index (χ3v) is 12.1. The van der Waals surface area contributed by atoms with Gasteiger partial charge in [-0.05, 0) is 106 Å². The van der Waals surface area contributed by atoms with E-state index in [0.717, 1.165) is 30.2 Å². The van der Waals surface area contributed by atoms with Gasteiger partial charge in [-0.15, -0.1) is 0 Å². The highest BCUT2D eigenvalue weighted by Gasteiger charge is 2.51. The van der Waals surface area contributed by atoms with Crippen LogP contribution in [-0.2, 0) is 24.0 Å². The molecule has 328 valence electrons. The van der Waals surface area contributed by atoms with Gasteiger partial charge in [0, 0.05) is 62.8 Å². The number of hydrogen-bond donors (Lipinski definition) is 0. The maximum Gasteiger partial charge on any atom is 0.418 e. The minimum absolute atomic E-state index is 0.0442. The van der Waals surface area contributed by atoms with Gasteiger partial charge in [0.25, 0.3) is 0 Å². The van der Waals surface area contributed by atoms with Crippen molar-refractivity contribution in [3.8, 4) is 28.8 Å². The molecule has 1 amide bonds. The molecule has 2 saturated heterocycles. The van der Waals surface area contributed by atoms with Crippen molar-refractivity contribution >= 4 is 40.2 Å². The summed E-state index contributed by atoms with van der Waals surface area (Å²) in [6.45, 7) is 9.08. The maximum atomic E-state index is 15.0. The van der Waals surface area contributed by atoms with Crippen LogP contribution in [0.15, 0.2) is 72.8 Å². The summed E-state index contributed by atoms with van der Waals surface area (Å²) in [7, 11) is 5.26. The molecule has 8 rings (SSSR count). The predicted molar refractivity (Wildman–Crippen MR) is 232 cm³/mol. The molecular weight excluding hydrogens is 823 g/mol. The Labute approximate surface area is 364 Å². The molecule has 16 heteroatoms. The summed E-state index contributed by atoms with van der Waals surface area (Å²) >= 11 is 7.04. The van der Waals surface area contributed by atoms with Gasteiger partial charge in [-0.2, -0.15) is 23.1 Å². The number of benzene rings is 3. The fraction of sp³-hybridized carbons (Fsp3) is 0.435. The van der Waals surface area contributed by atoms with Crippen molar-refractivity contribution in [1.82, 2.24) is 24.8 Å². The Kier molecular flexibility index (Phi) is 12.0. The molecule has 3 atom stereocenters. The second kappa shape index (κ2) is 17.3. The minimum Gasteiger partial charge on any atom is -0.497 e. The highest BCUT2D eigenvalue weighted by molar-refractivity contribution is 6.34. The van der Waals surface area contributed by atoms with E-state index >= 15 is 13.2 Å². The van der Waals surface area contributed by atoms with Gasteiger partial charge in [0.1, 0.15) is 35.3 Å². The monoisotopic (exact) mass is 873 g/mol. The number of hydrogen-bond acceptors (Lipinski definition) is 11. The number of piperidine rings is 1. The van der Waals surface area contributed by atoms with Crippen molar-refractivity contribution in [2.24, 2.45) is 11.8 Å². The molecule has 1 aliphatic carbocycles. The molecule has 3 aliphatic rings. The average molecular weight is 874 g/mol. The second-order valence-corrected chi connectivity index (χ2v) is 17.6. The van der Waals surface area contributed by atoms with Gasteiger partial charge >= 0.3 is 18.3 Å². The predicted octanol–water partition coefficient (Wildman–Crippen LogP) is 8.97. The number of amides is 1. The lowest BCUT2D eigenvalue weighted by atomic mass is 10.0. The number of nitrogens with zero attached hydrogens (tertiary/aromatic N) is 7. The Morgan fingerprint density at radius 2 is 1.48 bits per heavy atom. The molecule has 0 unspecified atom stereocenters. The molecule has 0 N–H and O–H groups in total. The summed E-state index contributed by atoms with van der Waals surface area (Å²) < 4.78 is 67.7. The van der Waals surface area contributed by atoms with Crippen LogP contribution in [0.2, 0.25) is 5.02 Å². The number of likely N-dealkylation sites (tertiary alicyclic amines) is 1. The number of carbonyl (C=O) groups is 1. The number of fused-ring (bicyclic) bond motifs is 2. The van der Waals surface area contributed by atoms with Crippen LogP contribution in [0.4, 0.5) is 29.6 Å². The highest BCUT2D eigenvalue weighted by atomic mass is 35.5. The highest BCUT2D eigenvalue weighted by Crippen LogP contribution is 2.49. The van der Waals surface area contributed by atoms with E-state index in [0.29, 0.717) is 91.7 Å². The van der Waals surface area contributed by atoms with Crippen molar-refractivity contribution in [3.05, 3.63) is 94.5 Å². The summed E-state index contributed by atoms with van der Waals surface area (Å²) in [5.74, 6) is 3.41. The lowest BCUT2D eigenvalue weighted by molar-refractivity contribution is -0.137. The fourth-order valence-electron chi connectivity index (χ4n) is 8.40. The Bertz CT molecular complexity index is 2360. The quantitative estimate of drug-likeness (QED) is 0.120. The Morgan fingerprint density at radius 3 is 2.03 bits per heavy atom. The largest absolute Gasteiger partial charge is 0.497 e. The first-order valence-corrected chi connectivity index (χ1v) is 21.1. The van der Waals surface area contributed by atoms with Crippen LogP contribution in [0.1, 0.15) is 43.9 Å². The molecule has 62 heavy (non-hydrogen) atoms. The first-order valence-electron chi connectivity index (χ1n) is 20.7. The number of anilines is 2. The standard InChI is InChI=1S/C46H51ClF3N7O5/c1-45(2,3)62-44(58)56-19-17-55(18-20-56)42-35-22-37(47)34(23-38(35)51-43(53-42)61-27-39-33-21-30(33)26-54(39)4)41-36(46(48,49)50)15-16-40(52-41)57(24-28-7-11-31(59-5)12-8-28)25-29-9-13-32(60-6)14-10-29/h7-16,22-23,30,33,39H,17-21,24-27H2,1-6H3/t30-,33+,39-/m1/s1. The van der Waals surface area contributed by atoms with Gasteiger partial charge in [-0.3, -0.25) is 4.90 Å². The summed E-state index contributed by atoms with van der Waals surface area (Å²) in [4.78, 5) is 35.2. The zero-order valence-corrected chi connectivity index (χ0v) is 36.5. The van der Waals surface area contributed by atoms with E-state index < -0.39 is 23.4 Å². The van der Waals surface area contributed by atoms with Crippen LogP contribution >= 0.6 is 11.6 Å². The molecule has 3 aromatic carbocycles. The Hall–Kier alpha value is -5.54. The first kappa shape index (κ1) is 43.1. The zero-order valence-electron chi connectivity index (χ0n) is 35.7. The summed E-state index contributed by atoms with van der Waals surface area (Å²) in [5, 5.41) is 0.574. The number of rotatable bonds is 12. The van der Waals surface area contributed by atoms with Gasteiger partial charge < -0.3 is 33.6 Å². The van der Waals surface area contributed by atoms with E-state index in [9.17, 15) is 4.79 Å². The maximum absolute atomic E-state index is 15.0. The summed E-state index contributed by atoms with van der Waals surface area (Å²) in [5.41, 5.74) is 0.283. The average Bonchev–Trinajstić information content (AvgIpc) is 3.93. The van der Waals surface area contributed by atoms with E-state index in [2.05, 4.69) is 11.9 Å². The van der Waals surface area contributed by atoms with Crippen LogP contribution < -0.4 is 24.0 Å². The number of alkyl halides is 3. The lowest BCUT2D eigenvalue weighted by Gasteiger charge is -2.36. The van der Waals surface area contributed by atoms with E-state index in [1.807, 2.05) is 79.1 Å². The molecule has 0 bridgehead atoms. The van der Waals surface area contributed by atoms with Crippen molar-refractivity contribution in [2.75, 3.05) is 70.4 Å². The normalized spacial score (nSPS) is 19.0. The van der Waals surface area contributed by atoms with E-state index in [1.165, 1.54) is 6.07 Å². The molecule has 2 aliphatic heterocycles. The molecule has 2 aromatic heterocycles. The van der Waals surface area contributed by atoms with E-state index in [1.54, 1.807) is 31.3 Å². The molecule has 0 spiro atoms. The van der Waals surface area contributed by atoms with Crippen LogP contribution in [-0.4, -0.2) is 103 Å². The van der Waals surface area contributed by atoms with Crippen LogP contribution in [0, 0.1) is 11.8 Å². The van der Waals surface area contributed by atoms with Gasteiger partial charge in [0.2, 0.25) is 0 Å². The SMILES string of the molecule is COc1ccc(CN(Cc2ccc(OC)cc2)c2ccc(C(F)(F)F)c(-c3cc4nc(OC[C@@H]5[C@H]6C[C@@H]6CN5C)nc(N5CCN(C(=O)OC(C)(C)C)CC5)c4cc3Cl)n2)cc1. The smallest absolute Gasteiger partial charge is 0.418 e. The number of pyridine rings is 1. The number of halogens is 4. The Morgan fingerprint density at radius 1 is 0.855 bits per heavy atom. The fourth-order valence-corrected chi connectivity index (χ4v) is 8.65. The number of aromatic nitrogens is 3. The minimum atomic E-state index is -4.76. The van der Waals surface area contributed by atoms with Gasteiger partial charge in [-0.1, -0.05) is 35.9 Å². The number of ether oxygens (including phenoxy) is 4. The summed E-state index contributed by atoms with van der Waals surface area (Å²) in [6.07, 6.45) is -4.00. The zero-order chi connectivity index (χ0) is 43.9. The first-order chi connectivity index (χ1) is 29.6. The number of carbonyl (C=O) groups excluding carboxylic acids is 1. The van der Waals surface area contributed by atoms with E-state index in [-0.39, 0.29) is 28.3 Å². The third kappa shape index (κ3) is 9.58. The lowest BCUT2D eigenvalue weighted by Crippen LogP contribution is -2.50. The number of likely N-dealkylation sites (N-methyl/N-ethyl adjacent to an activating group) is 1. The molecule has 4 heterocycles. The van der Waals surface area contributed by atoms with Crippen molar-refractivity contribution in [3.63, 3.8) is 0 Å². The van der Waals surface area contributed by atoms with Crippen LogP contribution in [0.3, 0.4) is 0 Å². The van der Waals surface area contributed by atoms with Crippen LogP contribution in [0.25, 0.3) is 22.2 Å². The van der Waals surface area contributed by atoms with Crippen molar-refractivity contribution < 1.29 is 36.9 Å². The molecular formula is C46H51ClF3N7O5. The molecule has 12 nitrogen and oxygen atoms in total. The Balaban J connectivity index is 1.19.